The Labute approximate surface area is 232 Å². The van der Waals surface area contributed by atoms with Crippen molar-refractivity contribution in [2.24, 2.45) is 0 Å². The Hall–Kier alpha value is -2.71. The smallest absolute Gasteiger partial charge is 0.334 e. The maximum Gasteiger partial charge on any atom is 0.334 e. The van der Waals surface area contributed by atoms with Gasteiger partial charge in [0.2, 0.25) is 0 Å². The van der Waals surface area contributed by atoms with Crippen LogP contribution in [0.5, 0.6) is 0 Å². The molecule has 0 aromatic heterocycles. The lowest BCUT2D eigenvalue weighted by Gasteiger charge is -2.34. The molecule has 2 aromatic carbocycles. The predicted molar refractivity (Wildman–Crippen MR) is 154 cm³/mol. The zero-order valence-electron chi connectivity index (χ0n) is 23.2. The number of ether oxygens (including phenoxy) is 2. The van der Waals surface area contributed by atoms with Crippen molar-refractivity contribution < 1.29 is 22.7 Å². The predicted octanol–water partition coefficient (Wildman–Crippen LogP) is 5.97. The third kappa shape index (κ3) is 5.00. The minimum atomic E-state index is -4.19. The first-order valence-corrected chi connectivity index (χ1v) is 14.9. The molecule has 6 nitrogen and oxygen atoms in total. The summed E-state index contributed by atoms with van der Waals surface area (Å²) in [6, 6.07) is 12.1. The molecular weight excluding hydrogens is 518 g/mol. The Morgan fingerprint density at radius 2 is 1.79 bits per heavy atom. The van der Waals surface area contributed by atoms with Gasteiger partial charge in [0, 0.05) is 5.56 Å². The van der Waals surface area contributed by atoms with E-state index in [1.54, 1.807) is 26.0 Å². The maximum atomic E-state index is 13.7. The highest BCUT2D eigenvalue weighted by atomic mass is 32.2. The molecule has 4 rings (SSSR count). The fourth-order valence-electron chi connectivity index (χ4n) is 5.39. The van der Waals surface area contributed by atoms with Crippen LogP contribution in [0.1, 0.15) is 82.7 Å². The summed E-state index contributed by atoms with van der Waals surface area (Å²) in [6.07, 6.45) is 3.22. The lowest BCUT2D eigenvalue weighted by Crippen LogP contribution is -2.50. The van der Waals surface area contributed by atoms with Crippen molar-refractivity contribution in [2.45, 2.75) is 83.8 Å². The van der Waals surface area contributed by atoms with Gasteiger partial charge in [-0.05, 0) is 78.1 Å². The van der Waals surface area contributed by atoms with E-state index < -0.39 is 27.6 Å². The molecule has 1 aliphatic heterocycles. The molecule has 1 heterocycles. The number of hydrogen-bond donors (Lipinski definition) is 0. The van der Waals surface area contributed by atoms with E-state index in [0.29, 0.717) is 5.56 Å². The first kappa shape index (κ1) is 28.3. The summed E-state index contributed by atoms with van der Waals surface area (Å²) < 4.78 is 40.0. The van der Waals surface area contributed by atoms with Crippen molar-refractivity contribution in [2.75, 3.05) is 6.61 Å². The molecule has 1 saturated heterocycles. The fraction of sp³-hybridized carbons (Fsp3) is 0.467. The standard InChI is InChI=1S/C30H37NO5S2/c1-8-35-26(32)25-30(7,24-19-21(28(2,3)4)18-23-22(24)14-16-29(23,5)6)36-27(37)31(25)38(33,34)17-15-20-12-10-9-11-13-20/h9-13,15,17-19,25H,8,14,16H2,1-7H3/b17-15+. The van der Waals surface area contributed by atoms with E-state index in [0.717, 1.165) is 39.2 Å². The molecule has 0 radical (unpaired) electrons. The van der Waals surface area contributed by atoms with Crippen LogP contribution in [0, 0.1) is 0 Å². The van der Waals surface area contributed by atoms with Crippen molar-refractivity contribution in [3.8, 4) is 0 Å². The molecule has 2 aromatic rings. The van der Waals surface area contributed by atoms with Crippen LogP contribution in [0.15, 0.2) is 47.9 Å². The van der Waals surface area contributed by atoms with E-state index in [2.05, 4.69) is 46.8 Å². The second-order valence-electron chi connectivity index (χ2n) is 11.9. The molecule has 1 aliphatic carbocycles. The highest BCUT2D eigenvalue weighted by Gasteiger charge is 2.60. The lowest BCUT2D eigenvalue weighted by molar-refractivity contribution is -0.150. The molecule has 2 atom stereocenters. The fourth-order valence-corrected chi connectivity index (χ4v) is 7.27. The van der Waals surface area contributed by atoms with E-state index in [1.807, 2.05) is 18.2 Å². The van der Waals surface area contributed by atoms with Crippen LogP contribution in [0.3, 0.4) is 0 Å². The number of carbonyl (C=O) groups is 1. The van der Waals surface area contributed by atoms with E-state index in [1.165, 1.54) is 11.6 Å². The minimum Gasteiger partial charge on any atom is -0.464 e. The van der Waals surface area contributed by atoms with Gasteiger partial charge in [0.15, 0.2) is 11.6 Å². The zero-order chi connectivity index (χ0) is 28.1. The van der Waals surface area contributed by atoms with Crippen molar-refractivity contribution >= 4 is 39.5 Å². The number of benzene rings is 2. The number of nitrogens with zero attached hydrogens (tertiary/aromatic N) is 1. The van der Waals surface area contributed by atoms with Crippen LogP contribution in [-0.4, -0.2) is 36.5 Å². The molecule has 1 fully saturated rings. The van der Waals surface area contributed by atoms with Gasteiger partial charge in [0.25, 0.3) is 15.2 Å². The summed E-state index contributed by atoms with van der Waals surface area (Å²) in [5, 5.41) is 0.796. The third-order valence-electron chi connectivity index (χ3n) is 7.63. The second-order valence-corrected chi connectivity index (χ2v) is 13.9. The van der Waals surface area contributed by atoms with Crippen LogP contribution in [0.4, 0.5) is 0 Å². The molecule has 0 amide bonds. The van der Waals surface area contributed by atoms with Crippen LogP contribution < -0.4 is 0 Å². The first-order chi connectivity index (χ1) is 17.6. The van der Waals surface area contributed by atoms with Crippen LogP contribution in [0.25, 0.3) is 6.08 Å². The van der Waals surface area contributed by atoms with Crippen LogP contribution in [-0.2, 0) is 47.1 Å². The average Bonchev–Trinajstić information content (AvgIpc) is 3.30. The molecule has 2 aliphatic rings. The Morgan fingerprint density at radius 3 is 2.39 bits per heavy atom. The summed E-state index contributed by atoms with van der Waals surface area (Å²) >= 11 is 5.51. The van der Waals surface area contributed by atoms with Gasteiger partial charge in [-0.1, -0.05) is 77.1 Å². The van der Waals surface area contributed by atoms with Gasteiger partial charge >= 0.3 is 5.97 Å². The van der Waals surface area contributed by atoms with Crippen molar-refractivity contribution in [3.05, 3.63) is 75.7 Å². The first-order valence-electron chi connectivity index (χ1n) is 13.0. The Morgan fingerprint density at radius 1 is 1.16 bits per heavy atom. The Balaban J connectivity index is 1.90. The molecule has 2 unspecified atom stereocenters. The number of sulfonamides is 1. The zero-order valence-corrected chi connectivity index (χ0v) is 24.8. The molecule has 0 N–H and O–H groups in total. The highest BCUT2D eigenvalue weighted by molar-refractivity contribution is 7.94. The molecule has 0 bridgehead atoms. The van der Waals surface area contributed by atoms with Gasteiger partial charge in [-0.25, -0.2) is 17.5 Å². The summed E-state index contributed by atoms with van der Waals surface area (Å²) in [5.41, 5.74) is 3.25. The van der Waals surface area contributed by atoms with Crippen LogP contribution in [0.2, 0.25) is 0 Å². The summed E-state index contributed by atoms with van der Waals surface area (Å²) in [7, 11) is -4.19. The van der Waals surface area contributed by atoms with Gasteiger partial charge in [0.05, 0.1) is 12.0 Å². The summed E-state index contributed by atoms with van der Waals surface area (Å²) in [5.74, 6) is -0.696. The Bertz CT molecular complexity index is 1390. The molecule has 38 heavy (non-hydrogen) atoms. The maximum absolute atomic E-state index is 13.7. The number of esters is 1. The van der Waals surface area contributed by atoms with Crippen molar-refractivity contribution in [1.29, 1.82) is 0 Å². The third-order valence-corrected chi connectivity index (χ3v) is 9.43. The SMILES string of the molecule is CCOC(=O)C1N(S(=O)(=O)/C=C/c2ccccc2)C(=S)OC1(C)c1cc(C(C)(C)C)cc2c1CCC2(C)C. The summed E-state index contributed by atoms with van der Waals surface area (Å²) in [4.78, 5) is 13.5. The van der Waals surface area contributed by atoms with Gasteiger partial charge in [-0.2, -0.15) is 0 Å². The average molecular weight is 556 g/mol. The molecule has 0 saturated carbocycles. The minimum absolute atomic E-state index is 0.0651. The molecular formula is C30H37NO5S2. The van der Waals surface area contributed by atoms with E-state index in [4.69, 9.17) is 21.7 Å². The van der Waals surface area contributed by atoms with Crippen LogP contribution >= 0.6 is 12.2 Å². The summed E-state index contributed by atoms with van der Waals surface area (Å²) in [6.45, 7) is 14.4. The molecule has 0 spiro atoms. The van der Waals surface area contributed by atoms with Crippen molar-refractivity contribution in [3.63, 3.8) is 0 Å². The van der Waals surface area contributed by atoms with Gasteiger partial charge in [-0.15, -0.1) is 0 Å². The van der Waals surface area contributed by atoms with E-state index >= 15 is 0 Å². The number of carbonyl (C=O) groups excluding carboxylic acids is 1. The number of hydrogen-bond acceptors (Lipinski definition) is 6. The normalized spacial score (nSPS) is 23.0. The van der Waals surface area contributed by atoms with Crippen molar-refractivity contribution in [1.82, 2.24) is 4.31 Å². The number of fused-ring (bicyclic) bond motifs is 1. The lowest BCUT2D eigenvalue weighted by atomic mass is 9.76. The number of thiocarbonyl (C=S) groups is 1. The topological polar surface area (TPSA) is 72.9 Å². The van der Waals surface area contributed by atoms with Gasteiger partial charge < -0.3 is 9.47 Å². The highest BCUT2D eigenvalue weighted by Crippen LogP contribution is 2.49. The molecule has 204 valence electrons. The van der Waals surface area contributed by atoms with Gasteiger partial charge in [-0.3, -0.25) is 0 Å². The number of rotatable bonds is 6. The Kier molecular flexibility index (Phi) is 7.29. The monoisotopic (exact) mass is 555 g/mol. The van der Waals surface area contributed by atoms with E-state index in [9.17, 15) is 13.2 Å². The second kappa shape index (κ2) is 9.79. The quantitative estimate of drug-likeness (QED) is 0.323. The largest absolute Gasteiger partial charge is 0.464 e. The van der Waals surface area contributed by atoms with Gasteiger partial charge in [0.1, 0.15) is 0 Å². The van der Waals surface area contributed by atoms with E-state index in [-0.39, 0.29) is 22.6 Å². The molecule has 8 heteroatoms.